The summed E-state index contributed by atoms with van der Waals surface area (Å²) in [6, 6.07) is 9.35. The van der Waals surface area contributed by atoms with Crippen molar-refractivity contribution in [2.75, 3.05) is 52.7 Å². The second kappa shape index (κ2) is 10.2. The molecule has 1 aromatic heterocycles. The van der Waals surface area contributed by atoms with Crippen LogP contribution in [0.3, 0.4) is 0 Å². The summed E-state index contributed by atoms with van der Waals surface area (Å²) in [6.07, 6.45) is 1.03. The van der Waals surface area contributed by atoms with E-state index < -0.39 is 30.0 Å². The van der Waals surface area contributed by atoms with Crippen LogP contribution in [0.15, 0.2) is 36.4 Å². The molecule has 0 spiro atoms. The van der Waals surface area contributed by atoms with E-state index in [1.807, 2.05) is 24.3 Å². The van der Waals surface area contributed by atoms with E-state index in [1.165, 1.54) is 12.1 Å². The molecule has 2 aliphatic rings. The van der Waals surface area contributed by atoms with Crippen molar-refractivity contribution in [3.63, 3.8) is 0 Å². The average molecular weight is 492 g/mol. The molecule has 0 amide bonds. The van der Waals surface area contributed by atoms with Gasteiger partial charge in [0.15, 0.2) is 17.2 Å². The minimum Gasteiger partial charge on any atom is -0.489 e. The molecular formula is C26H29F4N3O2. The van der Waals surface area contributed by atoms with Gasteiger partial charge < -0.3 is 19.8 Å². The molecule has 5 rings (SSSR count). The number of rotatable bonds is 10. The van der Waals surface area contributed by atoms with Gasteiger partial charge in [0.2, 0.25) is 0 Å². The maximum absolute atomic E-state index is 15.8. The summed E-state index contributed by atoms with van der Waals surface area (Å²) in [5, 5.41) is 4.01. The van der Waals surface area contributed by atoms with Crippen molar-refractivity contribution < 1.29 is 27.0 Å². The predicted molar refractivity (Wildman–Crippen MR) is 125 cm³/mol. The highest BCUT2D eigenvalue weighted by Crippen LogP contribution is 2.43. The van der Waals surface area contributed by atoms with Crippen molar-refractivity contribution in [1.29, 1.82) is 0 Å². The normalized spacial score (nSPS) is 19.5. The van der Waals surface area contributed by atoms with Gasteiger partial charge in [0.05, 0.1) is 31.5 Å². The molecule has 1 atom stereocenters. The number of para-hydroxylation sites is 1. The van der Waals surface area contributed by atoms with Crippen LogP contribution in [0.4, 0.5) is 17.6 Å². The summed E-state index contributed by atoms with van der Waals surface area (Å²) < 4.78 is 69.1. The molecule has 3 heterocycles. The first-order valence-corrected chi connectivity index (χ1v) is 12.0. The number of alkyl halides is 2. The first-order chi connectivity index (χ1) is 17.0. The lowest BCUT2D eigenvalue weighted by Gasteiger charge is -2.43. The lowest BCUT2D eigenvalue weighted by Crippen LogP contribution is -2.55. The number of H-pyrrole nitrogens is 1. The fourth-order valence-electron chi connectivity index (χ4n) is 5.03. The number of fused-ring (bicyclic) bond motifs is 3. The van der Waals surface area contributed by atoms with Gasteiger partial charge in [-0.3, -0.25) is 9.29 Å². The number of hydrogen-bond acceptors (Lipinski definition) is 4. The van der Waals surface area contributed by atoms with E-state index in [0.29, 0.717) is 38.2 Å². The standard InChI is InChI=1S/C26H29F4N3O2/c27-9-3-10-31-11-13-35-21-7-6-19(28)22(23(21)29)25-24-18(17-4-1-2-5-20(17)32-24)8-12-33(25)14-26(30)15-34-16-26/h1-2,4-7,25,31-32H,3,8-16H2. The monoisotopic (exact) mass is 491 g/mol. The van der Waals surface area contributed by atoms with Crippen molar-refractivity contribution in [3.8, 4) is 5.75 Å². The number of halogens is 4. The molecule has 188 valence electrons. The predicted octanol–water partition coefficient (Wildman–Crippen LogP) is 4.46. The fraction of sp³-hybridized carbons (Fsp3) is 0.462. The second-order valence-electron chi connectivity index (χ2n) is 9.24. The van der Waals surface area contributed by atoms with E-state index in [0.717, 1.165) is 16.5 Å². The van der Waals surface area contributed by atoms with Crippen LogP contribution in [0.25, 0.3) is 10.9 Å². The first-order valence-electron chi connectivity index (χ1n) is 12.0. The van der Waals surface area contributed by atoms with Gasteiger partial charge in [0.1, 0.15) is 12.4 Å². The number of nitrogens with zero attached hydrogens (tertiary/aromatic N) is 1. The SMILES string of the molecule is FCCCNCCOc1ccc(F)c(C2c3[nH]c4ccccc4c3CCN2CC2(F)COC2)c1F. The van der Waals surface area contributed by atoms with Gasteiger partial charge in [-0.05, 0) is 43.1 Å². The highest BCUT2D eigenvalue weighted by Gasteiger charge is 2.45. The van der Waals surface area contributed by atoms with Gasteiger partial charge in [-0.15, -0.1) is 0 Å². The Morgan fingerprint density at radius 3 is 2.74 bits per heavy atom. The molecule has 1 saturated heterocycles. The van der Waals surface area contributed by atoms with Crippen LogP contribution in [0, 0.1) is 11.6 Å². The summed E-state index contributed by atoms with van der Waals surface area (Å²) in [5.41, 5.74) is 0.822. The minimum absolute atomic E-state index is 0.00886. The minimum atomic E-state index is -1.55. The molecule has 1 fully saturated rings. The van der Waals surface area contributed by atoms with Gasteiger partial charge in [-0.1, -0.05) is 18.2 Å². The number of ether oxygens (including phenoxy) is 2. The largest absolute Gasteiger partial charge is 0.489 e. The Balaban J connectivity index is 1.49. The van der Waals surface area contributed by atoms with Crippen LogP contribution in [-0.2, 0) is 11.2 Å². The fourth-order valence-corrected chi connectivity index (χ4v) is 5.03. The molecule has 35 heavy (non-hydrogen) atoms. The van der Waals surface area contributed by atoms with E-state index in [4.69, 9.17) is 9.47 Å². The number of benzene rings is 2. The highest BCUT2D eigenvalue weighted by atomic mass is 19.1. The number of aromatic nitrogens is 1. The molecule has 2 aromatic carbocycles. The molecule has 3 aromatic rings. The van der Waals surface area contributed by atoms with Crippen molar-refractivity contribution in [2.45, 2.75) is 24.6 Å². The molecule has 0 aliphatic carbocycles. The molecule has 1 unspecified atom stereocenters. The highest BCUT2D eigenvalue weighted by molar-refractivity contribution is 5.85. The van der Waals surface area contributed by atoms with Crippen LogP contribution in [0.2, 0.25) is 0 Å². The topological polar surface area (TPSA) is 49.5 Å². The Bertz CT molecular complexity index is 1180. The Kier molecular flexibility index (Phi) is 7.00. The van der Waals surface area contributed by atoms with Gasteiger partial charge in [0.25, 0.3) is 0 Å². The van der Waals surface area contributed by atoms with Crippen molar-refractivity contribution in [3.05, 3.63) is 64.9 Å². The van der Waals surface area contributed by atoms with E-state index in [1.54, 1.807) is 4.90 Å². The molecular weight excluding hydrogens is 462 g/mol. The summed E-state index contributed by atoms with van der Waals surface area (Å²) in [7, 11) is 0. The zero-order chi connectivity index (χ0) is 24.4. The molecule has 0 saturated carbocycles. The van der Waals surface area contributed by atoms with E-state index in [9.17, 15) is 4.39 Å². The van der Waals surface area contributed by atoms with Gasteiger partial charge in [-0.2, -0.15) is 0 Å². The zero-order valence-corrected chi connectivity index (χ0v) is 19.4. The van der Waals surface area contributed by atoms with Crippen molar-refractivity contribution in [1.82, 2.24) is 15.2 Å². The summed E-state index contributed by atoms with van der Waals surface area (Å²) >= 11 is 0. The quantitative estimate of drug-likeness (QED) is 0.325. The Morgan fingerprint density at radius 2 is 1.97 bits per heavy atom. The average Bonchev–Trinajstić information content (AvgIpc) is 3.21. The maximum Gasteiger partial charge on any atom is 0.173 e. The van der Waals surface area contributed by atoms with Crippen LogP contribution in [0.1, 0.15) is 29.3 Å². The summed E-state index contributed by atoms with van der Waals surface area (Å²) in [4.78, 5) is 5.15. The van der Waals surface area contributed by atoms with Crippen LogP contribution in [-0.4, -0.2) is 68.2 Å². The molecule has 9 heteroatoms. The molecule has 2 N–H and O–H groups in total. The number of aromatic amines is 1. The molecule has 0 bridgehead atoms. The summed E-state index contributed by atoms with van der Waals surface area (Å²) in [5.74, 6) is -1.58. The van der Waals surface area contributed by atoms with E-state index >= 15 is 13.2 Å². The van der Waals surface area contributed by atoms with E-state index in [2.05, 4.69) is 10.3 Å². The van der Waals surface area contributed by atoms with Gasteiger partial charge in [0, 0.05) is 36.2 Å². The first kappa shape index (κ1) is 24.1. The third-order valence-electron chi connectivity index (χ3n) is 6.73. The number of hydrogen-bond donors (Lipinski definition) is 2. The summed E-state index contributed by atoms with van der Waals surface area (Å²) in [6.45, 7) is 1.03. The second-order valence-corrected chi connectivity index (χ2v) is 9.24. The van der Waals surface area contributed by atoms with Crippen LogP contribution in [0.5, 0.6) is 5.75 Å². The Morgan fingerprint density at radius 1 is 1.14 bits per heavy atom. The van der Waals surface area contributed by atoms with Crippen molar-refractivity contribution in [2.24, 2.45) is 0 Å². The molecule has 0 radical (unpaired) electrons. The number of nitrogens with one attached hydrogen (secondary N) is 2. The lowest BCUT2D eigenvalue weighted by atomic mass is 9.90. The zero-order valence-electron chi connectivity index (χ0n) is 19.4. The maximum atomic E-state index is 15.8. The van der Waals surface area contributed by atoms with Gasteiger partial charge in [-0.25, -0.2) is 13.2 Å². The smallest absolute Gasteiger partial charge is 0.173 e. The van der Waals surface area contributed by atoms with E-state index in [-0.39, 0.29) is 37.7 Å². The molecule has 2 aliphatic heterocycles. The van der Waals surface area contributed by atoms with Crippen molar-refractivity contribution >= 4 is 10.9 Å². The third-order valence-corrected chi connectivity index (χ3v) is 6.73. The van der Waals surface area contributed by atoms with Crippen LogP contribution >= 0.6 is 0 Å². The lowest BCUT2D eigenvalue weighted by molar-refractivity contribution is -0.144. The molecule has 5 nitrogen and oxygen atoms in total. The van der Waals surface area contributed by atoms with Gasteiger partial charge >= 0.3 is 0 Å². The Hall–Kier alpha value is -2.62. The van der Waals surface area contributed by atoms with Crippen LogP contribution < -0.4 is 10.1 Å². The Labute approximate surface area is 201 Å². The third kappa shape index (κ3) is 4.77.